The molecule has 0 aliphatic heterocycles. The zero-order chi connectivity index (χ0) is 10.0. The Morgan fingerprint density at radius 2 is 2.23 bits per heavy atom. The first-order valence-electron chi connectivity index (χ1n) is 3.45. The molecule has 1 aromatic carbocycles. The van der Waals surface area contributed by atoms with Gasteiger partial charge in [-0.3, -0.25) is 4.79 Å². The predicted octanol–water partition coefficient (Wildman–Crippen LogP) is 2.03. The summed E-state index contributed by atoms with van der Waals surface area (Å²) < 4.78 is 0.764. The average molecular weight is 312 g/mol. The molecule has 0 unspecified atom stereocenters. The van der Waals surface area contributed by atoms with E-state index in [9.17, 15) is 4.79 Å². The minimum absolute atomic E-state index is 0.575. The van der Waals surface area contributed by atoms with E-state index in [1.165, 1.54) is 0 Å². The summed E-state index contributed by atoms with van der Waals surface area (Å²) in [5.41, 5.74) is 6.02. The van der Waals surface area contributed by atoms with Crippen LogP contribution in [0, 0.1) is 3.57 Å². The van der Waals surface area contributed by atoms with Crippen LogP contribution in [0.4, 0.5) is 0 Å². The van der Waals surface area contributed by atoms with Gasteiger partial charge in [-0.05, 0) is 40.3 Å². The largest absolute Gasteiger partial charge is 0.480 e. The van der Waals surface area contributed by atoms with Gasteiger partial charge >= 0.3 is 5.97 Å². The SMILES string of the molecule is N[C@H](C(=O)O)c1ccc(Cl)cc1I. The van der Waals surface area contributed by atoms with Crippen molar-refractivity contribution in [2.75, 3.05) is 0 Å². The van der Waals surface area contributed by atoms with Crippen molar-refractivity contribution >= 4 is 40.2 Å². The van der Waals surface area contributed by atoms with E-state index in [2.05, 4.69) is 0 Å². The second-order valence-electron chi connectivity index (χ2n) is 2.48. The normalized spacial score (nSPS) is 12.5. The average Bonchev–Trinajstić information content (AvgIpc) is 2.03. The van der Waals surface area contributed by atoms with Crippen molar-refractivity contribution in [2.45, 2.75) is 6.04 Å². The summed E-state index contributed by atoms with van der Waals surface area (Å²) in [4.78, 5) is 10.6. The van der Waals surface area contributed by atoms with Crippen molar-refractivity contribution in [3.8, 4) is 0 Å². The van der Waals surface area contributed by atoms with Crippen molar-refractivity contribution in [1.29, 1.82) is 0 Å². The van der Waals surface area contributed by atoms with Crippen LogP contribution in [0.15, 0.2) is 18.2 Å². The Bertz CT molecular complexity index is 343. The molecule has 1 atom stereocenters. The van der Waals surface area contributed by atoms with Crippen LogP contribution < -0.4 is 5.73 Å². The lowest BCUT2D eigenvalue weighted by atomic mass is 10.1. The molecule has 1 rings (SSSR count). The molecule has 5 heteroatoms. The second kappa shape index (κ2) is 4.26. The topological polar surface area (TPSA) is 63.3 Å². The zero-order valence-electron chi connectivity index (χ0n) is 6.50. The molecule has 0 saturated heterocycles. The molecule has 0 aliphatic carbocycles. The van der Waals surface area contributed by atoms with Gasteiger partial charge in [0.05, 0.1) is 0 Å². The highest BCUT2D eigenvalue weighted by molar-refractivity contribution is 14.1. The minimum Gasteiger partial charge on any atom is -0.480 e. The van der Waals surface area contributed by atoms with E-state index in [0.717, 1.165) is 3.57 Å². The number of hydrogen-bond acceptors (Lipinski definition) is 2. The van der Waals surface area contributed by atoms with Crippen molar-refractivity contribution in [2.24, 2.45) is 5.73 Å². The summed E-state index contributed by atoms with van der Waals surface area (Å²) in [6.07, 6.45) is 0. The molecule has 0 spiro atoms. The molecular weight excluding hydrogens is 304 g/mol. The highest BCUT2D eigenvalue weighted by Crippen LogP contribution is 2.22. The number of hydrogen-bond donors (Lipinski definition) is 2. The fourth-order valence-corrected chi connectivity index (χ4v) is 2.09. The maximum absolute atomic E-state index is 10.6. The maximum Gasteiger partial charge on any atom is 0.325 e. The van der Waals surface area contributed by atoms with E-state index in [-0.39, 0.29) is 0 Å². The van der Waals surface area contributed by atoms with Crippen LogP contribution in [0.5, 0.6) is 0 Å². The smallest absolute Gasteiger partial charge is 0.325 e. The first kappa shape index (κ1) is 10.7. The van der Waals surface area contributed by atoms with Crippen LogP contribution in [0.2, 0.25) is 5.02 Å². The van der Waals surface area contributed by atoms with Crippen molar-refractivity contribution in [1.82, 2.24) is 0 Å². The monoisotopic (exact) mass is 311 g/mol. The van der Waals surface area contributed by atoms with Crippen LogP contribution in [0.1, 0.15) is 11.6 Å². The molecule has 0 saturated carbocycles. The van der Waals surface area contributed by atoms with Gasteiger partial charge in [0.25, 0.3) is 0 Å². The molecule has 70 valence electrons. The minimum atomic E-state index is -1.04. The van der Waals surface area contributed by atoms with Gasteiger partial charge in [0.15, 0.2) is 0 Å². The number of carboxylic acids is 1. The maximum atomic E-state index is 10.6. The molecule has 3 N–H and O–H groups in total. The summed E-state index contributed by atoms with van der Waals surface area (Å²) in [6.45, 7) is 0. The van der Waals surface area contributed by atoms with Crippen molar-refractivity contribution in [3.05, 3.63) is 32.4 Å². The Kier molecular flexibility index (Phi) is 3.52. The van der Waals surface area contributed by atoms with E-state index >= 15 is 0 Å². The van der Waals surface area contributed by atoms with Gasteiger partial charge in [0.2, 0.25) is 0 Å². The zero-order valence-corrected chi connectivity index (χ0v) is 9.41. The molecular formula is C8H7ClINO2. The number of carbonyl (C=O) groups is 1. The quantitative estimate of drug-likeness (QED) is 0.822. The summed E-state index contributed by atoms with van der Waals surface area (Å²) >= 11 is 7.71. The highest BCUT2D eigenvalue weighted by atomic mass is 127. The molecule has 13 heavy (non-hydrogen) atoms. The Balaban J connectivity index is 3.08. The van der Waals surface area contributed by atoms with Gasteiger partial charge in [-0.2, -0.15) is 0 Å². The van der Waals surface area contributed by atoms with E-state index in [4.69, 9.17) is 22.4 Å². The van der Waals surface area contributed by atoms with Gasteiger partial charge in [0, 0.05) is 8.59 Å². The number of carboxylic acid groups (broad SMARTS) is 1. The summed E-state index contributed by atoms with van der Waals surface area (Å²) in [5.74, 6) is -1.04. The second-order valence-corrected chi connectivity index (χ2v) is 4.08. The number of halogens is 2. The standard InChI is InChI=1S/C8H7ClINO2/c9-4-1-2-5(6(10)3-4)7(11)8(12)13/h1-3,7H,11H2,(H,12,13)/t7-/m0/s1. The number of benzene rings is 1. The summed E-state index contributed by atoms with van der Waals surface area (Å²) in [7, 11) is 0. The Hall–Kier alpha value is -0.330. The third-order valence-electron chi connectivity index (χ3n) is 1.56. The van der Waals surface area contributed by atoms with Gasteiger partial charge in [-0.25, -0.2) is 0 Å². The third kappa shape index (κ3) is 2.55. The van der Waals surface area contributed by atoms with Crippen LogP contribution in [0.3, 0.4) is 0 Å². The summed E-state index contributed by atoms with van der Waals surface area (Å²) in [6, 6.07) is 3.95. The Morgan fingerprint density at radius 3 is 2.69 bits per heavy atom. The lowest BCUT2D eigenvalue weighted by molar-refractivity contribution is -0.138. The molecule has 0 amide bonds. The first-order chi connectivity index (χ1) is 6.02. The molecule has 1 aromatic rings. The van der Waals surface area contributed by atoms with Gasteiger partial charge in [-0.1, -0.05) is 17.7 Å². The summed E-state index contributed by atoms with van der Waals surface area (Å²) in [5, 5.41) is 9.24. The van der Waals surface area contributed by atoms with Crippen LogP contribution in [-0.4, -0.2) is 11.1 Å². The lowest BCUT2D eigenvalue weighted by Gasteiger charge is -2.08. The Morgan fingerprint density at radius 1 is 1.62 bits per heavy atom. The molecule has 0 fully saturated rings. The van der Waals surface area contributed by atoms with Crippen molar-refractivity contribution < 1.29 is 9.90 Å². The molecule has 0 heterocycles. The molecule has 0 aromatic heterocycles. The predicted molar refractivity (Wildman–Crippen MR) is 58.7 cm³/mol. The number of aliphatic carboxylic acids is 1. The molecule has 0 aliphatic rings. The fourth-order valence-electron chi connectivity index (χ4n) is 0.887. The Labute approximate surface area is 94.0 Å². The van der Waals surface area contributed by atoms with E-state index in [1.54, 1.807) is 18.2 Å². The fraction of sp³-hybridized carbons (Fsp3) is 0.125. The number of rotatable bonds is 2. The molecule has 0 bridgehead atoms. The van der Waals surface area contributed by atoms with Gasteiger partial charge in [0.1, 0.15) is 6.04 Å². The van der Waals surface area contributed by atoms with Crippen LogP contribution in [0.25, 0.3) is 0 Å². The molecule has 0 radical (unpaired) electrons. The van der Waals surface area contributed by atoms with E-state index in [0.29, 0.717) is 10.6 Å². The molecule has 3 nitrogen and oxygen atoms in total. The van der Waals surface area contributed by atoms with Crippen LogP contribution in [-0.2, 0) is 4.79 Å². The lowest BCUT2D eigenvalue weighted by Crippen LogP contribution is -2.21. The van der Waals surface area contributed by atoms with E-state index < -0.39 is 12.0 Å². The highest BCUT2D eigenvalue weighted by Gasteiger charge is 2.16. The van der Waals surface area contributed by atoms with Crippen molar-refractivity contribution in [3.63, 3.8) is 0 Å². The van der Waals surface area contributed by atoms with Crippen LogP contribution >= 0.6 is 34.2 Å². The first-order valence-corrected chi connectivity index (χ1v) is 4.91. The number of nitrogens with two attached hydrogens (primary N) is 1. The van der Waals surface area contributed by atoms with Gasteiger partial charge < -0.3 is 10.8 Å². The third-order valence-corrected chi connectivity index (χ3v) is 2.73. The van der Waals surface area contributed by atoms with E-state index in [1.807, 2.05) is 22.6 Å². The van der Waals surface area contributed by atoms with Gasteiger partial charge in [-0.15, -0.1) is 0 Å².